The summed E-state index contributed by atoms with van der Waals surface area (Å²) in [6, 6.07) is 2.99. The van der Waals surface area contributed by atoms with Crippen molar-refractivity contribution in [1.82, 2.24) is 10.6 Å². The summed E-state index contributed by atoms with van der Waals surface area (Å²) in [5.74, 6) is -0.934. The van der Waals surface area contributed by atoms with E-state index >= 15 is 0 Å². The third kappa shape index (κ3) is 5.88. The van der Waals surface area contributed by atoms with Gasteiger partial charge in [0.1, 0.15) is 0 Å². The Hall–Kier alpha value is -1.27. The van der Waals surface area contributed by atoms with Crippen molar-refractivity contribution in [3.8, 4) is 0 Å². The Kier molecular flexibility index (Phi) is 5.94. The van der Waals surface area contributed by atoms with Crippen LogP contribution in [0.5, 0.6) is 0 Å². The van der Waals surface area contributed by atoms with Crippen molar-refractivity contribution in [3.63, 3.8) is 0 Å². The van der Waals surface area contributed by atoms with Gasteiger partial charge in [-0.05, 0) is 25.5 Å². The molecule has 18 heavy (non-hydrogen) atoms. The second-order valence-corrected chi connectivity index (χ2v) is 5.65. The molecule has 5 nitrogen and oxygen atoms in total. The average molecular weight is 291 g/mol. The first kappa shape index (κ1) is 14.8. The van der Waals surface area contributed by atoms with Crippen LogP contribution in [0.3, 0.4) is 0 Å². The van der Waals surface area contributed by atoms with E-state index in [2.05, 4.69) is 10.6 Å². The molecule has 0 saturated carbocycles. The van der Waals surface area contributed by atoms with E-state index in [1.807, 2.05) is 12.1 Å². The number of urea groups is 1. The summed E-state index contributed by atoms with van der Waals surface area (Å²) >= 11 is 7.26. The van der Waals surface area contributed by atoms with Crippen LogP contribution in [-0.2, 0) is 11.2 Å². The first-order chi connectivity index (χ1) is 8.47. The Balaban J connectivity index is 2.19. The molecule has 0 aliphatic heterocycles. The SMILES string of the molecule is CC(CC(=O)O)NC(=O)NCCc1ccc(Cl)s1. The molecule has 1 atom stereocenters. The number of amides is 2. The number of aliphatic carboxylic acids is 1. The number of halogens is 1. The Bertz CT molecular complexity index is 422. The highest BCUT2D eigenvalue weighted by Gasteiger charge is 2.10. The van der Waals surface area contributed by atoms with E-state index in [1.165, 1.54) is 11.3 Å². The normalized spacial score (nSPS) is 11.9. The molecular weight excluding hydrogens is 276 g/mol. The summed E-state index contributed by atoms with van der Waals surface area (Å²) in [4.78, 5) is 22.9. The molecule has 1 unspecified atom stereocenters. The summed E-state index contributed by atoms with van der Waals surface area (Å²) < 4.78 is 0.726. The first-order valence-corrected chi connectivity index (χ1v) is 6.67. The van der Waals surface area contributed by atoms with Gasteiger partial charge in [-0.1, -0.05) is 11.6 Å². The van der Waals surface area contributed by atoms with E-state index < -0.39 is 12.0 Å². The van der Waals surface area contributed by atoms with Gasteiger partial charge in [0.2, 0.25) is 0 Å². The number of hydrogen-bond donors (Lipinski definition) is 3. The van der Waals surface area contributed by atoms with Gasteiger partial charge in [-0.2, -0.15) is 0 Å². The van der Waals surface area contributed by atoms with Crippen molar-refractivity contribution in [2.24, 2.45) is 0 Å². The molecule has 0 bridgehead atoms. The number of carboxylic acid groups (broad SMARTS) is 1. The second-order valence-electron chi connectivity index (χ2n) is 3.85. The van der Waals surface area contributed by atoms with Crippen molar-refractivity contribution in [2.45, 2.75) is 25.8 Å². The number of carboxylic acids is 1. The van der Waals surface area contributed by atoms with Gasteiger partial charge in [0.05, 0.1) is 10.8 Å². The summed E-state index contributed by atoms with van der Waals surface area (Å²) in [5, 5.41) is 13.8. The van der Waals surface area contributed by atoms with E-state index in [4.69, 9.17) is 16.7 Å². The van der Waals surface area contributed by atoms with Gasteiger partial charge in [-0.15, -0.1) is 11.3 Å². The molecule has 0 fully saturated rings. The van der Waals surface area contributed by atoms with Crippen LogP contribution in [0.1, 0.15) is 18.2 Å². The van der Waals surface area contributed by atoms with Gasteiger partial charge < -0.3 is 15.7 Å². The lowest BCUT2D eigenvalue weighted by atomic mass is 10.2. The molecule has 1 rings (SSSR count). The van der Waals surface area contributed by atoms with Crippen LogP contribution in [0.2, 0.25) is 4.34 Å². The molecule has 0 radical (unpaired) electrons. The van der Waals surface area contributed by atoms with E-state index in [0.29, 0.717) is 13.0 Å². The van der Waals surface area contributed by atoms with Crippen LogP contribution in [-0.4, -0.2) is 29.7 Å². The molecule has 1 aromatic rings. The number of carbonyl (C=O) groups excluding carboxylic acids is 1. The maximum Gasteiger partial charge on any atom is 0.315 e. The second kappa shape index (κ2) is 7.23. The highest BCUT2D eigenvalue weighted by molar-refractivity contribution is 7.16. The average Bonchev–Trinajstić information content (AvgIpc) is 2.62. The number of rotatable bonds is 6. The van der Waals surface area contributed by atoms with Crippen LogP contribution in [0.4, 0.5) is 4.79 Å². The van der Waals surface area contributed by atoms with Crippen LogP contribution in [0.25, 0.3) is 0 Å². The Labute approximate surface area is 114 Å². The monoisotopic (exact) mass is 290 g/mol. The van der Waals surface area contributed by atoms with Crippen molar-refractivity contribution in [1.29, 1.82) is 0 Å². The Morgan fingerprint density at radius 3 is 2.78 bits per heavy atom. The van der Waals surface area contributed by atoms with Crippen molar-refractivity contribution < 1.29 is 14.7 Å². The van der Waals surface area contributed by atoms with Crippen LogP contribution in [0.15, 0.2) is 12.1 Å². The van der Waals surface area contributed by atoms with Gasteiger partial charge in [0.15, 0.2) is 0 Å². The fourth-order valence-corrected chi connectivity index (χ4v) is 2.46. The summed E-state index contributed by atoms with van der Waals surface area (Å²) in [5.41, 5.74) is 0. The topological polar surface area (TPSA) is 78.4 Å². The van der Waals surface area contributed by atoms with Crippen LogP contribution < -0.4 is 10.6 Å². The number of thiophene rings is 1. The molecule has 0 aliphatic rings. The molecule has 100 valence electrons. The zero-order chi connectivity index (χ0) is 13.5. The zero-order valence-electron chi connectivity index (χ0n) is 9.90. The number of carbonyl (C=O) groups is 2. The largest absolute Gasteiger partial charge is 0.481 e. The highest BCUT2D eigenvalue weighted by atomic mass is 35.5. The molecule has 1 aromatic heterocycles. The lowest BCUT2D eigenvalue weighted by Gasteiger charge is -2.12. The first-order valence-electron chi connectivity index (χ1n) is 5.47. The molecule has 0 aromatic carbocycles. The van der Waals surface area contributed by atoms with Crippen LogP contribution in [0, 0.1) is 0 Å². The van der Waals surface area contributed by atoms with Crippen molar-refractivity contribution >= 4 is 34.9 Å². The van der Waals surface area contributed by atoms with Gasteiger partial charge in [0, 0.05) is 17.5 Å². The van der Waals surface area contributed by atoms with Gasteiger partial charge in [-0.25, -0.2) is 4.79 Å². The fourth-order valence-electron chi connectivity index (χ4n) is 1.37. The summed E-state index contributed by atoms with van der Waals surface area (Å²) in [6.45, 7) is 2.13. The molecule has 3 N–H and O–H groups in total. The maximum atomic E-state index is 11.4. The quantitative estimate of drug-likeness (QED) is 0.751. The van der Waals surface area contributed by atoms with Crippen LogP contribution >= 0.6 is 22.9 Å². The molecule has 1 heterocycles. The lowest BCUT2D eigenvalue weighted by Crippen LogP contribution is -2.42. The fraction of sp³-hybridized carbons (Fsp3) is 0.455. The minimum Gasteiger partial charge on any atom is -0.481 e. The lowest BCUT2D eigenvalue weighted by molar-refractivity contribution is -0.137. The maximum absolute atomic E-state index is 11.4. The molecule has 7 heteroatoms. The highest BCUT2D eigenvalue weighted by Crippen LogP contribution is 2.21. The van der Waals surface area contributed by atoms with Gasteiger partial charge in [-0.3, -0.25) is 4.79 Å². The Morgan fingerprint density at radius 2 is 2.22 bits per heavy atom. The van der Waals surface area contributed by atoms with Crippen molar-refractivity contribution in [2.75, 3.05) is 6.54 Å². The van der Waals surface area contributed by atoms with E-state index in [1.54, 1.807) is 6.92 Å². The molecule has 0 saturated heterocycles. The summed E-state index contributed by atoms with van der Waals surface area (Å²) in [6.07, 6.45) is 0.617. The molecule has 0 spiro atoms. The third-order valence-electron chi connectivity index (χ3n) is 2.14. The molecule has 2 amide bonds. The Morgan fingerprint density at radius 1 is 1.50 bits per heavy atom. The molecular formula is C11H15ClN2O3S. The van der Waals surface area contributed by atoms with Crippen molar-refractivity contribution in [3.05, 3.63) is 21.3 Å². The predicted molar refractivity (Wildman–Crippen MR) is 71.3 cm³/mol. The zero-order valence-corrected chi connectivity index (χ0v) is 11.5. The third-order valence-corrected chi connectivity index (χ3v) is 3.44. The van der Waals surface area contributed by atoms with E-state index in [-0.39, 0.29) is 12.5 Å². The van der Waals surface area contributed by atoms with Gasteiger partial charge >= 0.3 is 12.0 Å². The number of hydrogen-bond acceptors (Lipinski definition) is 3. The van der Waals surface area contributed by atoms with E-state index in [9.17, 15) is 9.59 Å². The minimum absolute atomic E-state index is 0.0893. The minimum atomic E-state index is -0.934. The van der Waals surface area contributed by atoms with Gasteiger partial charge in [0.25, 0.3) is 0 Å². The standard InChI is InChI=1S/C11H15ClN2O3S/c1-7(6-10(15)16)14-11(17)13-5-4-8-2-3-9(12)18-8/h2-3,7H,4-6H2,1H3,(H,15,16)(H2,13,14,17). The smallest absolute Gasteiger partial charge is 0.315 e. The summed E-state index contributed by atoms with van der Waals surface area (Å²) in [7, 11) is 0. The van der Waals surface area contributed by atoms with E-state index in [0.717, 1.165) is 9.21 Å². The molecule has 0 aliphatic carbocycles. The predicted octanol–water partition coefficient (Wildman–Crippen LogP) is 2.11. The number of nitrogens with one attached hydrogen (secondary N) is 2.